The van der Waals surface area contributed by atoms with Crippen molar-refractivity contribution in [2.24, 2.45) is 0 Å². The van der Waals surface area contributed by atoms with Crippen molar-refractivity contribution in [2.75, 3.05) is 24.5 Å². The van der Waals surface area contributed by atoms with Crippen molar-refractivity contribution in [3.63, 3.8) is 0 Å². The van der Waals surface area contributed by atoms with Gasteiger partial charge in [0.2, 0.25) is 5.43 Å². The molecule has 1 saturated carbocycles. The fourth-order valence-corrected chi connectivity index (χ4v) is 6.64. The number of aliphatic hydroxyl groups is 1. The number of fused-ring (bicyclic) bond motifs is 1. The zero-order valence-electron chi connectivity index (χ0n) is 22.1. The summed E-state index contributed by atoms with van der Waals surface area (Å²) in [5.74, 6) is -2.07. The third kappa shape index (κ3) is 5.35. The molecule has 10 nitrogen and oxygen atoms in total. The summed E-state index contributed by atoms with van der Waals surface area (Å²) >= 11 is 19.4. The Balaban J connectivity index is 1.27. The number of carbonyl (C=O) groups is 1. The first-order chi connectivity index (χ1) is 20.1. The lowest BCUT2D eigenvalue weighted by Gasteiger charge is -2.31. The van der Waals surface area contributed by atoms with E-state index in [4.69, 9.17) is 34.8 Å². The Hall–Kier alpha value is -3.22. The van der Waals surface area contributed by atoms with Gasteiger partial charge < -0.3 is 25.0 Å². The van der Waals surface area contributed by atoms with Gasteiger partial charge in [0.05, 0.1) is 28.2 Å². The lowest BCUT2D eigenvalue weighted by atomic mass is 9.93. The van der Waals surface area contributed by atoms with Crippen LogP contribution in [0.4, 0.5) is 10.1 Å². The molecular formula is C28H26Cl3FN6O4. The van der Waals surface area contributed by atoms with Gasteiger partial charge in [-0.05, 0) is 37.5 Å². The lowest BCUT2D eigenvalue weighted by Crippen LogP contribution is -2.46. The Morgan fingerprint density at radius 3 is 2.64 bits per heavy atom. The summed E-state index contributed by atoms with van der Waals surface area (Å²) in [7, 11) is 0. The number of nitrogens with one attached hydrogen (secondary N) is 1. The van der Waals surface area contributed by atoms with Crippen molar-refractivity contribution in [3.05, 3.63) is 85.4 Å². The van der Waals surface area contributed by atoms with Gasteiger partial charge in [0.1, 0.15) is 29.6 Å². The molecule has 4 aromatic rings. The van der Waals surface area contributed by atoms with E-state index in [1.165, 1.54) is 23.5 Å². The number of hydrogen-bond acceptors (Lipinski definition) is 7. The normalized spacial score (nSPS) is 18.5. The quantitative estimate of drug-likeness (QED) is 0.246. The van der Waals surface area contributed by atoms with Crippen LogP contribution in [0.15, 0.2) is 47.9 Å². The molecule has 0 radical (unpaired) electrons. The number of pyridine rings is 1. The van der Waals surface area contributed by atoms with E-state index in [9.17, 15) is 19.8 Å². The van der Waals surface area contributed by atoms with Gasteiger partial charge in [-0.2, -0.15) is 5.10 Å². The monoisotopic (exact) mass is 634 g/mol. The van der Waals surface area contributed by atoms with Gasteiger partial charge in [-0.15, -0.1) is 0 Å². The SMILES string of the molecule is O=C(O)c1cn(C2CC2)c2c(Cl)c(N3CCC(NCC(O)(Cn4cncn4)c4ccc(Cl)cc4Cl)C3)c(F)cc2c1=O. The molecule has 2 aromatic carbocycles. The van der Waals surface area contributed by atoms with E-state index in [2.05, 4.69) is 15.4 Å². The molecule has 0 bridgehead atoms. The minimum absolute atomic E-state index is 0.00244. The van der Waals surface area contributed by atoms with Gasteiger partial charge in [-0.1, -0.05) is 40.9 Å². The van der Waals surface area contributed by atoms with Crippen LogP contribution in [0, 0.1) is 5.82 Å². The Labute approximate surface area is 254 Å². The van der Waals surface area contributed by atoms with E-state index < -0.39 is 28.4 Å². The number of benzene rings is 2. The van der Waals surface area contributed by atoms with Crippen LogP contribution < -0.4 is 15.6 Å². The van der Waals surface area contributed by atoms with Crippen LogP contribution in [0.1, 0.15) is 41.2 Å². The lowest BCUT2D eigenvalue weighted by molar-refractivity contribution is 0.0134. The molecule has 2 unspecified atom stereocenters. The predicted octanol–water partition coefficient (Wildman–Crippen LogP) is 4.48. The maximum absolute atomic E-state index is 15.6. The molecule has 2 aromatic heterocycles. The van der Waals surface area contributed by atoms with E-state index >= 15 is 4.39 Å². The van der Waals surface area contributed by atoms with Crippen molar-refractivity contribution in [3.8, 4) is 0 Å². The second-order valence-corrected chi connectivity index (χ2v) is 12.0. The number of halogens is 4. The van der Waals surface area contributed by atoms with Crippen molar-refractivity contribution < 1.29 is 19.4 Å². The number of anilines is 1. The van der Waals surface area contributed by atoms with E-state index in [-0.39, 0.29) is 41.3 Å². The zero-order chi connectivity index (χ0) is 29.8. The number of aromatic nitrogens is 4. The second kappa shape index (κ2) is 11.1. The van der Waals surface area contributed by atoms with Crippen LogP contribution in [0.5, 0.6) is 0 Å². The predicted molar refractivity (Wildman–Crippen MR) is 157 cm³/mol. The van der Waals surface area contributed by atoms with Crippen molar-refractivity contribution in [2.45, 2.75) is 43.5 Å². The topological polar surface area (TPSA) is 126 Å². The third-order valence-corrected chi connectivity index (χ3v) is 8.77. The van der Waals surface area contributed by atoms with Gasteiger partial charge in [0.25, 0.3) is 0 Å². The molecule has 42 heavy (non-hydrogen) atoms. The summed E-state index contributed by atoms with van der Waals surface area (Å²) in [6, 6.07) is 5.82. The van der Waals surface area contributed by atoms with Crippen molar-refractivity contribution in [1.29, 1.82) is 0 Å². The molecule has 0 spiro atoms. The van der Waals surface area contributed by atoms with Gasteiger partial charge in [0, 0.05) is 53.5 Å². The van der Waals surface area contributed by atoms with Crippen LogP contribution in [0.3, 0.4) is 0 Å². The van der Waals surface area contributed by atoms with Crippen LogP contribution in [0.2, 0.25) is 15.1 Å². The van der Waals surface area contributed by atoms with Crippen LogP contribution >= 0.6 is 34.8 Å². The maximum Gasteiger partial charge on any atom is 0.341 e. The van der Waals surface area contributed by atoms with Gasteiger partial charge >= 0.3 is 5.97 Å². The summed E-state index contributed by atoms with van der Waals surface area (Å²) in [5, 5.41) is 29.6. The molecule has 2 fully saturated rings. The minimum Gasteiger partial charge on any atom is -0.477 e. The summed E-state index contributed by atoms with van der Waals surface area (Å²) in [5.41, 5.74) is -1.70. The van der Waals surface area contributed by atoms with Crippen molar-refractivity contribution >= 4 is 57.4 Å². The molecule has 3 N–H and O–H groups in total. The van der Waals surface area contributed by atoms with E-state index in [1.54, 1.807) is 27.7 Å². The number of hydrogen-bond donors (Lipinski definition) is 3. The standard InChI is InChI=1S/C28H26Cl3FN6O4/c29-15-1-4-20(21(30)7-15)28(42,12-37-14-33-13-35-37)11-34-16-5-6-36(9-16)25-22(32)8-18-24(23(25)31)38(17-2-3-17)10-19(26(18)39)27(40)41/h1,4,7-8,10,13-14,16-17,34,42H,2-3,5-6,9,11-12H2,(H,40,41). The Morgan fingerprint density at radius 1 is 1.19 bits per heavy atom. The zero-order valence-corrected chi connectivity index (χ0v) is 24.4. The Bertz CT molecular complexity index is 1750. The molecule has 6 rings (SSSR count). The molecule has 14 heteroatoms. The van der Waals surface area contributed by atoms with Crippen LogP contribution in [-0.2, 0) is 12.1 Å². The van der Waals surface area contributed by atoms with E-state index in [0.29, 0.717) is 40.6 Å². The van der Waals surface area contributed by atoms with Gasteiger partial charge in [-0.25, -0.2) is 18.9 Å². The summed E-state index contributed by atoms with van der Waals surface area (Å²) in [6.07, 6.45) is 6.42. The van der Waals surface area contributed by atoms with Crippen LogP contribution in [0.25, 0.3) is 10.9 Å². The highest BCUT2D eigenvalue weighted by Crippen LogP contribution is 2.43. The van der Waals surface area contributed by atoms with E-state index in [0.717, 1.165) is 18.9 Å². The number of carboxylic acid groups (broad SMARTS) is 1. The molecule has 1 aliphatic heterocycles. The number of carboxylic acids is 1. The summed E-state index contributed by atoms with van der Waals surface area (Å²) in [6.45, 7) is 1.00. The molecule has 2 aliphatic rings. The molecular weight excluding hydrogens is 610 g/mol. The summed E-state index contributed by atoms with van der Waals surface area (Å²) in [4.78, 5) is 30.4. The highest BCUT2D eigenvalue weighted by atomic mass is 35.5. The fraction of sp³-hybridized carbons (Fsp3) is 0.357. The number of aromatic carboxylic acids is 1. The van der Waals surface area contributed by atoms with Crippen LogP contribution in [-0.4, -0.2) is 61.2 Å². The van der Waals surface area contributed by atoms with E-state index in [1.807, 2.05) is 0 Å². The maximum atomic E-state index is 15.6. The number of nitrogens with zero attached hydrogens (tertiary/aromatic N) is 5. The molecule has 220 valence electrons. The number of rotatable bonds is 9. The van der Waals surface area contributed by atoms with Gasteiger partial charge in [-0.3, -0.25) is 4.79 Å². The molecule has 1 aliphatic carbocycles. The first kappa shape index (κ1) is 28.9. The second-order valence-electron chi connectivity index (χ2n) is 10.8. The molecule has 2 atom stereocenters. The summed E-state index contributed by atoms with van der Waals surface area (Å²) < 4.78 is 18.8. The molecule has 0 amide bonds. The Morgan fingerprint density at radius 2 is 1.98 bits per heavy atom. The highest BCUT2D eigenvalue weighted by Gasteiger charge is 2.36. The van der Waals surface area contributed by atoms with Crippen molar-refractivity contribution in [1.82, 2.24) is 24.6 Å². The highest BCUT2D eigenvalue weighted by molar-refractivity contribution is 6.38. The average molecular weight is 636 g/mol. The molecule has 3 heterocycles. The largest absolute Gasteiger partial charge is 0.477 e. The average Bonchev–Trinajstić information content (AvgIpc) is 3.45. The molecule has 1 saturated heterocycles. The Kier molecular flexibility index (Phi) is 7.65. The van der Waals surface area contributed by atoms with Gasteiger partial charge in [0.15, 0.2) is 0 Å². The first-order valence-corrected chi connectivity index (χ1v) is 14.5. The first-order valence-electron chi connectivity index (χ1n) is 13.3. The minimum atomic E-state index is -1.48. The smallest absolute Gasteiger partial charge is 0.341 e. The third-order valence-electron chi connectivity index (χ3n) is 7.86. The fourth-order valence-electron chi connectivity index (χ4n) is 5.64.